The zero-order valence-corrected chi connectivity index (χ0v) is 9.31. The van der Waals surface area contributed by atoms with Crippen molar-refractivity contribution in [2.24, 2.45) is 0 Å². The van der Waals surface area contributed by atoms with E-state index in [9.17, 15) is 9.59 Å². The summed E-state index contributed by atoms with van der Waals surface area (Å²) in [4.78, 5) is 24.5. The molecule has 0 aromatic carbocycles. The second kappa shape index (κ2) is 5.32. The number of carbonyl (C=O) groups excluding carboxylic acids is 2. The number of hydrogen-bond acceptors (Lipinski definition) is 3. The Labute approximate surface area is 95.0 Å². The molecule has 2 aliphatic rings. The fourth-order valence-corrected chi connectivity index (χ4v) is 1.94. The van der Waals surface area contributed by atoms with Gasteiger partial charge in [-0.3, -0.25) is 9.59 Å². The number of halogens is 1. The van der Waals surface area contributed by atoms with Gasteiger partial charge in [-0.15, -0.1) is 12.4 Å². The van der Waals surface area contributed by atoms with E-state index in [1.165, 1.54) is 0 Å². The normalized spacial score (nSPS) is 25.7. The lowest BCUT2D eigenvalue weighted by molar-refractivity contribution is -0.139. The van der Waals surface area contributed by atoms with Crippen LogP contribution in [-0.4, -0.2) is 48.9 Å². The van der Waals surface area contributed by atoms with Crippen LogP contribution < -0.4 is 10.6 Å². The Morgan fingerprint density at radius 2 is 2.20 bits per heavy atom. The van der Waals surface area contributed by atoms with E-state index < -0.39 is 0 Å². The molecule has 0 aromatic heterocycles. The number of nitrogens with zero attached hydrogens (tertiary/aromatic N) is 1. The largest absolute Gasteiger partial charge is 0.353 e. The molecule has 86 valence electrons. The molecule has 1 atom stereocenters. The number of rotatable bonds is 1. The summed E-state index contributed by atoms with van der Waals surface area (Å²) in [6.07, 6.45) is 1.95. The molecule has 0 bridgehead atoms. The van der Waals surface area contributed by atoms with Gasteiger partial charge in [0.25, 0.3) is 0 Å². The van der Waals surface area contributed by atoms with Crippen molar-refractivity contribution in [3.05, 3.63) is 0 Å². The number of piperazine rings is 1. The third kappa shape index (κ3) is 2.82. The maximum absolute atomic E-state index is 11.8. The molecule has 2 fully saturated rings. The average molecular weight is 234 g/mol. The van der Waals surface area contributed by atoms with E-state index in [0.29, 0.717) is 13.1 Å². The van der Waals surface area contributed by atoms with E-state index in [1.54, 1.807) is 4.90 Å². The molecule has 0 radical (unpaired) electrons. The molecule has 0 saturated carbocycles. The van der Waals surface area contributed by atoms with Crippen LogP contribution in [0.2, 0.25) is 0 Å². The summed E-state index contributed by atoms with van der Waals surface area (Å²) >= 11 is 0. The molecule has 15 heavy (non-hydrogen) atoms. The molecule has 2 N–H and O–H groups in total. The first-order valence-corrected chi connectivity index (χ1v) is 5.06. The minimum absolute atomic E-state index is 0. The molecule has 2 aliphatic heterocycles. The minimum Gasteiger partial charge on any atom is -0.353 e. The van der Waals surface area contributed by atoms with Gasteiger partial charge in [0, 0.05) is 13.1 Å². The Bertz CT molecular complexity index is 254. The molecule has 1 unspecified atom stereocenters. The van der Waals surface area contributed by atoms with Gasteiger partial charge in [-0.2, -0.15) is 0 Å². The highest BCUT2D eigenvalue weighted by Gasteiger charge is 2.29. The van der Waals surface area contributed by atoms with E-state index in [-0.39, 0.29) is 36.8 Å². The lowest BCUT2D eigenvalue weighted by atomic mass is 10.2. The van der Waals surface area contributed by atoms with Gasteiger partial charge in [0.05, 0.1) is 12.6 Å². The van der Waals surface area contributed by atoms with Crippen LogP contribution in [-0.2, 0) is 9.59 Å². The van der Waals surface area contributed by atoms with Crippen LogP contribution >= 0.6 is 12.4 Å². The van der Waals surface area contributed by atoms with Crippen molar-refractivity contribution >= 4 is 24.2 Å². The number of hydrogen-bond donors (Lipinski definition) is 2. The van der Waals surface area contributed by atoms with E-state index in [2.05, 4.69) is 10.6 Å². The van der Waals surface area contributed by atoms with Gasteiger partial charge in [0.1, 0.15) is 0 Å². The monoisotopic (exact) mass is 233 g/mol. The van der Waals surface area contributed by atoms with Crippen LogP contribution in [0.5, 0.6) is 0 Å². The maximum Gasteiger partial charge on any atom is 0.240 e. The topological polar surface area (TPSA) is 61.4 Å². The molecule has 2 amide bonds. The van der Waals surface area contributed by atoms with Gasteiger partial charge >= 0.3 is 0 Å². The fraction of sp³-hybridized carbons (Fsp3) is 0.778. The molecule has 6 heteroatoms. The predicted octanol–water partition coefficient (Wildman–Crippen LogP) is -0.881. The summed E-state index contributed by atoms with van der Waals surface area (Å²) in [6, 6.07) is -0.0547. The van der Waals surface area contributed by atoms with Crippen molar-refractivity contribution in [2.75, 3.05) is 26.2 Å². The Kier molecular flexibility index (Phi) is 4.35. The maximum atomic E-state index is 11.8. The summed E-state index contributed by atoms with van der Waals surface area (Å²) in [5, 5.41) is 5.85. The van der Waals surface area contributed by atoms with Gasteiger partial charge < -0.3 is 15.5 Å². The van der Waals surface area contributed by atoms with E-state index >= 15 is 0 Å². The highest BCUT2D eigenvalue weighted by atomic mass is 35.5. The molecule has 2 rings (SSSR count). The Morgan fingerprint density at radius 3 is 2.80 bits per heavy atom. The summed E-state index contributed by atoms with van der Waals surface area (Å²) < 4.78 is 0. The number of amides is 2. The Balaban J connectivity index is 0.00000112. The molecule has 0 aromatic rings. The van der Waals surface area contributed by atoms with Gasteiger partial charge in [0.15, 0.2) is 0 Å². The number of nitrogens with one attached hydrogen (secondary N) is 2. The van der Waals surface area contributed by atoms with Crippen molar-refractivity contribution in [3.63, 3.8) is 0 Å². The lowest BCUT2D eigenvalue weighted by Gasteiger charge is -2.28. The van der Waals surface area contributed by atoms with E-state index in [4.69, 9.17) is 0 Å². The second-order valence-corrected chi connectivity index (χ2v) is 3.76. The molecule has 5 nitrogen and oxygen atoms in total. The number of carbonyl (C=O) groups is 2. The van der Waals surface area contributed by atoms with E-state index in [0.717, 1.165) is 19.4 Å². The van der Waals surface area contributed by atoms with Crippen molar-refractivity contribution in [1.82, 2.24) is 15.5 Å². The van der Waals surface area contributed by atoms with Crippen LogP contribution in [0, 0.1) is 0 Å². The van der Waals surface area contributed by atoms with Crippen LogP contribution in [0.15, 0.2) is 0 Å². The summed E-state index contributed by atoms with van der Waals surface area (Å²) in [7, 11) is 0. The van der Waals surface area contributed by atoms with Crippen molar-refractivity contribution in [1.29, 1.82) is 0 Å². The summed E-state index contributed by atoms with van der Waals surface area (Å²) in [6.45, 7) is 2.35. The molecular weight excluding hydrogens is 218 g/mol. The molecular formula is C9H16ClN3O2. The predicted molar refractivity (Wildman–Crippen MR) is 57.9 cm³/mol. The quantitative estimate of drug-likeness (QED) is 0.618. The van der Waals surface area contributed by atoms with Gasteiger partial charge in [0.2, 0.25) is 11.8 Å². The smallest absolute Gasteiger partial charge is 0.240 e. The molecule has 0 aliphatic carbocycles. The first-order valence-electron chi connectivity index (χ1n) is 5.06. The SMILES string of the molecule is Cl.O=C1CN(C(=O)C2CCCN2)CCN1. The van der Waals surface area contributed by atoms with Crippen LogP contribution in [0.3, 0.4) is 0 Å². The van der Waals surface area contributed by atoms with Crippen molar-refractivity contribution < 1.29 is 9.59 Å². The van der Waals surface area contributed by atoms with Crippen LogP contribution in [0.1, 0.15) is 12.8 Å². The Hall–Kier alpha value is -0.810. The standard InChI is InChI=1S/C9H15N3O2.ClH/c13-8-6-12(5-4-11-8)9(14)7-2-1-3-10-7;/h7,10H,1-6H2,(H,11,13);1H. The lowest BCUT2D eigenvalue weighted by Crippen LogP contribution is -2.54. The minimum atomic E-state index is -0.0547. The first-order chi connectivity index (χ1) is 6.77. The zero-order chi connectivity index (χ0) is 9.97. The molecule has 2 saturated heterocycles. The van der Waals surface area contributed by atoms with Crippen molar-refractivity contribution in [3.8, 4) is 0 Å². The third-order valence-electron chi connectivity index (χ3n) is 2.71. The summed E-state index contributed by atoms with van der Waals surface area (Å²) in [5.74, 6) is 0.0277. The highest BCUT2D eigenvalue weighted by Crippen LogP contribution is 2.09. The van der Waals surface area contributed by atoms with Crippen LogP contribution in [0.25, 0.3) is 0 Å². The first kappa shape index (κ1) is 12.3. The highest BCUT2D eigenvalue weighted by molar-refractivity contribution is 5.88. The van der Waals surface area contributed by atoms with Gasteiger partial charge in [-0.1, -0.05) is 0 Å². The molecule has 2 heterocycles. The van der Waals surface area contributed by atoms with E-state index in [1.807, 2.05) is 0 Å². The fourth-order valence-electron chi connectivity index (χ4n) is 1.94. The summed E-state index contributed by atoms with van der Waals surface area (Å²) in [5.41, 5.74) is 0. The van der Waals surface area contributed by atoms with Crippen molar-refractivity contribution in [2.45, 2.75) is 18.9 Å². The molecule has 0 spiro atoms. The average Bonchev–Trinajstić information content (AvgIpc) is 2.69. The van der Waals surface area contributed by atoms with Gasteiger partial charge in [-0.25, -0.2) is 0 Å². The second-order valence-electron chi connectivity index (χ2n) is 3.76. The van der Waals surface area contributed by atoms with Crippen LogP contribution in [0.4, 0.5) is 0 Å². The zero-order valence-electron chi connectivity index (χ0n) is 8.49. The van der Waals surface area contributed by atoms with Gasteiger partial charge in [-0.05, 0) is 19.4 Å². The Morgan fingerprint density at radius 1 is 1.40 bits per heavy atom. The third-order valence-corrected chi connectivity index (χ3v) is 2.71.